The molecule has 2 unspecified atom stereocenters. The lowest BCUT2D eigenvalue weighted by Crippen LogP contribution is -2.47. The van der Waals surface area contributed by atoms with E-state index < -0.39 is 5.38 Å². The molecule has 0 aliphatic rings. The molecule has 34 heavy (non-hydrogen) atoms. The normalized spacial score (nSPS) is 12.9. The van der Waals surface area contributed by atoms with E-state index in [1.165, 1.54) is 0 Å². The van der Waals surface area contributed by atoms with Crippen molar-refractivity contribution in [3.05, 3.63) is 53.9 Å². The number of carbonyl (C=O) groups is 2. The molecule has 1 heterocycles. The van der Waals surface area contributed by atoms with Gasteiger partial charge in [0.2, 0.25) is 11.8 Å². The summed E-state index contributed by atoms with van der Waals surface area (Å²) in [7, 11) is 1.66. The summed E-state index contributed by atoms with van der Waals surface area (Å²) in [5.41, 5.74) is 2.17. The van der Waals surface area contributed by atoms with E-state index in [9.17, 15) is 9.59 Å². The van der Waals surface area contributed by atoms with Crippen molar-refractivity contribution in [3.8, 4) is 5.75 Å². The highest BCUT2D eigenvalue weighted by atomic mass is 35.5. The number of rotatable bonds is 13. The van der Waals surface area contributed by atoms with Crippen LogP contribution in [0.3, 0.4) is 0 Å². The number of alkyl halides is 1. The Hall–Kier alpha value is -2.47. The van der Waals surface area contributed by atoms with Crippen molar-refractivity contribution in [3.63, 3.8) is 0 Å². The van der Waals surface area contributed by atoms with E-state index >= 15 is 0 Å². The van der Waals surface area contributed by atoms with Crippen LogP contribution in [0.15, 0.2) is 42.6 Å². The average molecular weight is 490 g/mol. The fourth-order valence-corrected chi connectivity index (χ4v) is 3.92. The molecule has 0 saturated heterocycles. The quantitative estimate of drug-likeness (QED) is 0.364. The first kappa shape index (κ1) is 27.8. The summed E-state index contributed by atoms with van der Waals surface area (Å²) in [6.45, 7) is 11.7. The van der Waals surface area contributed by atoms with Crippen molar-refractivity contribution in [2.75, 3.05) is 20.2 Å². The van der Waals surface area contributed by atoms with Crippen molar-refractivity contribution in [2.24, 2.45) is 5.92 Å². The van der Waals surface area contributed by atoms with Crippen LogP contribution in [0.25, 0.3) is 0 Å². The number of hydrogen-bond donors (Lipinski definition) is 0. The lowest BCUT2D eigenvalue weighted by molar-refractivity contribution is -0.142. The smallest absolute Gasteiger partial charge is 0.242 e. The summed E-state index contributed by atoms with van der Waals surface area (Å²) in [6, 6.07) is 12.1. The van der Waals surface area contributed by atoms with Gasteiger partial charge in [0.1, 0.15) is 11.1 Å². The van der Waals surface area contributed by atoms with Gasteiger partial charge in [0.15, 0.2) is 0 Å². The molecule has 0 fully saturated rings. The molecule has 0 saturated carbocycles. The predicted octanol–water partition coefficient (Wildman–Crippen LogP) is 5.17. The minimum atomic E-state index is -0.655. The Kier molecular flexibility index (Phi) is 11.0. The molecule has 0 aliphatic carbocycles. The Morgan fingerprint density at radius 3 is 2.47 bits per heavy atom. The van der Waals surface area contributed by atoms with E-state index in [1.54, 1.807) is 18.9 Å². The second-order valence-corrected chi connectivity index (χ2v) is 9.97. The molecule has 1 aromatic heterocycles. The Balaban J connectivity index is 2.20. The SMILES string of the molecule is CCC(C)N(Cc1cccn1Cc1cccc(OC)c1)C(=O)CN(CCC(C)C)C(=O)C(C)Cl. The van der Waals surface area contributed by atoms with Gasteiger partial charge in [0, 0.05) is 31.0 Å². The third-order valence-corrected chi connectivity index (χ3v) is 6.33. The van der Waals surface area contributed by atoms with Crippen LogP contribution >= 0.6 is 11.6 Å². The first-order valence-corrected chi connectivity index (χ1v) is 12.6. The van der Waals surface area contributed by atoms with E-state index in [1.807, 2.05) is 41.4 Å². The molecular weight excluding hydrogens is 450 g/mol. The van der Waals surface area contributed by atoms with Crippen LogP contribution in [0, 0.1) is 5.92 Å². The maximum absolute atomic E-state index is 13.5. The van der Waals surface area contributed by atoms with Gasteiger partial charge in [-0.05, 0) is 62.4 Å². The Bertz CT molecular complexity index is 925. The Morgan fingerprint density at radius 2 is 1.85 bits per heavy atom. The molecule has 2 atom stereocenters. The monoisotopic (exact) mass is 489 g/mol. The number of ether oxygens (including phenoxy) is 1. The molecule has 2 rings (SSSR count). The van der Waals surface area contributed by atoms with Gasteiger partial charge in [-0.25, -0.2) is 0 Å². The molecule has 188 valence electrons. The van der Waals surface area contributed by atoms with Crippen LogP contribution in [0.1, 0.15) is 58.7 Å². The molecule has 0 spiro atoms. The molecule has 6 nitrogen and oxygen atoms in total. The fourth-order valence-electron chi connectivity index (χ4n) is 3.79. The largest absolute Gasteiger partial charge is 0.497 e. The molecule has 0 aliphatic heterocycles. The molecule has 1 aromatic carbocycles. The summed E-state index contributed by atoms with van der Waals surface area (Å²) in [5.74, 6) is 1.00. The van der Waals surface area contributed by atoms with Gasteiger partial charge >= 0.3 is 0 Å². The number of halogens is 1. The second-order valence-electron chi connectivity index (χ2n) is 9.32. The number of methoxy groups -OCH3 is 1. The average Bonchev–Trinajstić information content (AvgIpc) is 3.25. The summed E-state index contributed by atoms with van der Waals surface area (Å²) in [4.78, 5) is 29.7. The van der Waals surface area contributed by atoms with Crippen molar-refractivity contribution >= 4 is 23.4 Å². The number of aromatic nitrogens is 1. The van der Waals surface area contributed by atoms with Gasteiger partial charge in [-0.15, -0.1) is 11.6 Å². The molecule has 0 bridgehead atoms. The van der Waals surface area contributed by atoms with E-state index in [0.29, 0.717) is 25.6 Å². The second kappa shape index (κ2) is 13.4. The van der Waals surface area contributed by atoms with Gasteiger partial charge in [-0.3, -0.25) is 9.59 Å². The fraction of sp³-hybridized carbons (Fsp3) is 0.556. The minimum absolute atomic E-state index is 0.0446. The van der Waals surface area contributed by atoms with Crippen LogP contribution in [-0.4, -0.2) is 57.8 Å². The molecular formula is C27H40ClN3O3. The topological polar surface area (TPSA) is 54.8 Å². The number of nitrogens with zero attached hydrogens (tertiary/aromatic N) is 3. The number of hydrogen-bond acceptors (Lipinski definition) is 3. The zero-order chi connectivity index (χ0) is 25.3. The third kappa shape index (κ3) is 8.08. The zero-order valence-electron chi connectivity index (χ0n) is 21.5. The summed E-state index contributed by atoms with van der Waals surface area (Å²) in [6.07, 6.45) is 3.69. The lowest BCUT2D eigenvalue weighted by atomic mass is 10.1. The van der Waals surface area contributed by atoms with E-state index in [4.69, 9.17) is 16.3 Å². The maximum atomic E-state index is 13.5. The van der Waals surface area contributed by atoms with Gasteiger partial charge < -0.3 is 19.1 Å². The molecule has 7 heteroatoms. The van der Waals surface area contributed by atoms with Crippen LogP contribution in [0.2, 0.25) is 0 Å². The number of benzene rings is 1. The zero-order valence-corrected chi connectivity index (χ0v) is 22.2. The first-order valence-electron chi connectivity index (χ1n) is 12.2. The Morgan fingerprint density at radius 1 is 1.12 bits per heavy atom. The number of amides is 2. The standard InChI is InChI=1S/C27H40ClN3O3/c1-7-21(4)31(26(32)19-30(15-13-20(2)3)27(33)22(5)28)18-24-11-9-14-29(24)17-23-10-8-12-25(16-23)34-6/h8-12,14,16,20-22H,7,13,15,17-19H2,1-6H3. The van der Waals surface area contributed by atoms with E-state index in [-0.39, 0.29) is 24.4 Å². The van der Waals surface area contributed by atoms with Crippen molar-refractivity contribution in [1.29, 1.82) is 0 Å². The highest BCUT2D eigenvalue weighted by Crippen LogP contribution is 2.18. The third-order valence-electron chi connectivity index (χ3n) is 6.14. The van der Waals surface area contributed by atoms with Gasteiger partial charge in [-0.2, -0.15) is 0 Å². The van der Waals surface area contributed by atoms with Gasteiger partial charge in [0.25, 0.3) is 0 Å². The number of carbonyl (C=O) groups excluding carboxylic acids is 2. The summed E-state index contributed by atoms with van der Waals surface area (Å²) >= 11 is 6.10. The molecule has 0 N–H and O–H groups in total. The molecule has 2 amide bonds. The van der Waals surface area contributed by atoms with Crippen molar-refractivity contribution in [1.82, 2.24) is 14.4 Å². The van der Waals surface area contributed by atoms with E-state index in [0.717, 1.165) is 29.8 Å². The van der Waals surface area contributed by atoms with Crippen LogP contribution in [0.5, 0.6) is 5.75 Å². The predicted molar refractivity (Wildman–Crippen MR) is 138 cm³/mol. The van der Waals surface area contributed by atoms with Gasteiger partial charge in [0.05, 0.1) is 20.2 Å². The van der Waals surface area contributed by atoms with Crippen LogP contribution < -0.4 is 4.74 Å². The van der Waals surface area contributed by atoms with Crippen molar-refractivity contribution in [2.45, 2.75) is 72.0 Å². The molecule has 0 radical (unpaired) electrons. The summed E-state index contributed by atoms with van der Waals surface area (Å²) in [5, 5.41) is -0.655. The maximum Gasteiger partial charge on any atom is 0.242 e. The molecule has 2 aromatic rings. The van der Waals surface area contributed by atoms with Crippen LogP contribution in [-0.2, 0) is 22.7 Å². The van der Waals surface area contributed by atoms with E-state index in [2.05, 4.69) is 38.3 Å². The minimum Gasteiger partial charge on any atom is -0.497 e. The Labute approximate surface area is 209 Å². The lowest BCUT2D eigenvalue weighted by Gasteiger charge is -2.32. The highest BCUT2D eigenvalue weighted by molar-refractivity contribution is 6.30. The highest BCUT2D eigenvalue weighted by Gasteiger charge is 2.26. The summed E-state index contributed by atoms with van der Waals surface area (Å²) < 4.78 is 7.50. The first-order chi connectivity index (χ1) is 16.2. The van der Waals surface area contributed by atoms with Crippen LogP contribution in [0.4, 0.5) is 0 Å². The van der Waals surface area contributed by atoms with Crippen molar-refractivity contribution < 1.29 is 14.3 Å². The van der Waals surface area contributed by atoms with Gasteiger partial charge in [-0.1, -0.05) is 32.9 Å².